The molecule has 370 valence electrons. The molecular formula is C62H86O6. The predicted octanol–water partition coefficient (Wildman–Crippen LogP) is 15.4. The van der Waals surface area contributed by atoms with E-state index in [0.29, 0.717) is 25.4 Å². The highest BCUT2D eigenvalue weighted by Crippen LogP contribution is 2.43. The molecule has 4 aromatic carbocycles. The number of carbonyl (C=O) groups is 1. The first-order chi connectivity index (χ1) is 32.6. The second kappa shape index (κ2) is 25.3. The number of ether oxygens (including phenoxy) is 2. The number of hydrogen-bond acceptors (Lipinski definition) is 6. The van der Waals surface area contributed by atoms with Crippen LogP contribution in [0.4, 0.5) is 0 Å². The average molecular weight is 927 g/mol. The van der Waals surface area contributed by atoms with Crippen molar-refractivity contribution in [3.05, 3.63) is 141 Å². The van der Waals surface area contributed by atoms with Crippen molar-refractivity contribution >= 4 is 18.1 Å². The van der Waals surface area contributed by atoms with E-state index in [1.165, 1.54) is 57.3 Å². The third-order valence-corrected chi connectivity index (χ3v) is 15.7. The van der Waals surface area contributed by atoms with Gasteiger partial charge in [-0.15, -0.1) is 0 Å². The zero-order valence-corrected chi connectivity index (χ0v) is 43.4. The molecule has 3 N–H and O–H groups in total. The van der Waals surface area contributed by atoms with E-state index in [4.69, 9.17) is 9.47 Å². The van der Waals surface area contributed by atoms with Gasteiger partial charge in [0.2, 0.25) is 0 Å². The number of benzene rings is 4. The molecule has 0 bridgehead atoms. The molecule has 2 saturated carbocycles. The van der Waals surface area contributed by atoms with Crippen LogP contribution in [0, 0.1) is 27.7 Å². The van der Waals surface area contributed by atoms with E-state index >= 15 is 0 Å². The van der Waals surface area contributed by atoms with E-state index in [-0.39, 0.29) is 16.8 Å². The number of aromatic hydroxyl groups is 1. The van der Waals surface area contributed by atoms with Gasteiger partial charge in [0, 0.05) is 17.3 Å². The topological polar surface area (TPSA) is 96.2 Å². The van der Waals surface area contributed by atoms with E-state index in [9.17, 15) is 20.1 Å². The van der Waals surface area contributed by atoms with Gasteiger partial charge in [-0.2, -0.15) is 0 Å². The molecule has 0 heterocycles. The van der Waals surface area contributed by atoms with Gasteiger partial charge in [-0.05, 0) is 173 Å². The zero-order valence-electron chi connectivity index (χ0n) is 43.4. The SMILES string of the molecule is CCC(CC)(c1ccc(O)c(C)c1)c1ccc(/C=C/C2(O)CCCCC2)c(C)c1.CCOC(=O)CCCCCOc1ccc(C(CC)(CC)c2ccc(/C=C/C3(O)CCCCC3)c(C)c2)cc1C. The molecule has 0 unspecified atom stereocenters. The third kappa shape index (κ3) is 13.8. The molecule has 2 aliphatic rings. The van der Waals surface area contributed by atoms with Gasteiger partial charge < -0.3 is 24.8 Å². The lowest BCUT2D eigenvalue weighted by molar-refractivity contribution is -0.143. The highest BCUT2D eigenvalue weighted by molar-refractivity contribution is 5.69. The van der Waals surface area contributed by atoms with E-state index in [1.807, 2.05) is 32.1 Å². The van der Waals surface area contributed by atoms with Crippen LogP contribution in [-0.4, -0.2) is 45.7 Å². The van der Waals surface area contributed by atoms with Crippen molar-refractivity contribution in [1.29, 1.82) is 0 Å². The van der Waals surface area contributed by atoms with E-state index in [2.05, 4.69) is 127 Å². The molecule has 0 aliphatic heterocycles. The lowest BCUT2D eigenvalue weighted by atomic mass is 9.70. The number of phenolic OH excluding ortho intramolecular Hbond substituents is 1. The Labute approximate surface area is 411 Å². The monoisotopic (exact) mass is 927 g/mol. The predicted molar refractivity (Wildman–Crippen MR) is 284 cm³/mol. The van der Waals surface area contributed by atoms with Crippen molar-refractivity contribution in [2.24, 2.45) is 0 Å². The molecule has 2 aliphatic carbocycles. The summed E-state index contributed by atoms with van der Waals surface area (Å²) < 4.78 is 11.1. The minimum Gasteiger partial charge on any atom is -0.508 e. The average Bonchev–Trinajstić information content (AvgIpc) is 3.33. The molecule has 68 heavy (non-hydrogen) atoms. The summed E-state index contributed by atoms with van der Waals surface area (Å²) in [4.78, 5) is 11.5. The zero-order chi connectivity index (χ0) is 49.4. The summed E-state index contributed by atoms with van der Waals surface area (Å²) in [6, 6.07) is 26.3. The van der Waals surface area contributed by atoms with Crippen LogP contribution in [0.1, 0.15) is 206 Å². The van der Waals surface area contributed by atoms with Gasteiger partial charge in [-0.1, -0.05) is 151 Å². The van der Waals surface area contributed by atoms with Crippen LogP contribution in [0.25, 0.3) is 12.2 Å². The largest absolute Gasteiger partial charge is 0.508 e. The number of phenols is 1. The number of rotatable bonds is 20. The standard InChI is InChI=1S/C35H50O4.C27H36O2/c1-6-35(7-2,30-17-16-29(27(4)25-30)20-23-34(37)21-12-10-13-22-34)31-18-19-32(28(5)26-31)39-24-14-9-11-15-33(36)38-8-3;1-5-27(6-2,24-12-13-25(28)21(4)19-24)23-11-10-22(20(3)18-23)14-17-26(29)15-8-7-9-16-26/h16-20,23,25-26,37H,6-15,21-22,24H2,1-5H3;10-14,17-19,28-29H,5-9,15-16H2,1-4H3/b23-20+;17-14+. The molecule has 0 aromatic heterocycles. The maximum atomic E-state index is 11.5. The third-order valence-electron chi connectivity index (χ3n) is 15.7. The van der Waals surface area contributed by atoms with Crippen LogP contribution in [0.5, 0.6) is 11.5 Å². The van der Waals surface area contributed by atoms with Crippen LogP contribution >= 0.6 is 0 Å². The number of aliphatic hydroxyl groups is 2. The van der Waals surface area contributed by atoms with Crippen LogP contribution < -0.4 is 4.74 Å². The van der Waals surface area contributed by atoms with E-state index in [0.717, 1.165) is 113 Å². The van der Waals surface area contributed by atoms with Gasteiger partial charge in [0.05, 0.1) is 24.4 Å². The van der Waals surface area contributed by atoms with Crippen molar-refractivity contribution in [2.75, 3.05) is 13.2 Å². The lowest BCUT2D eigenvalue weighted by Crippen LogP contribution is -2.28. The second-order valence-corrected chi connectivity index (χ2v) is 20.2. The molecule has 6 rings (SSSR count). The summed E-state index contributed by atoms with van der Waals surface area (Å²) in [5.41, 5.74) is 10.7. The molecular weight excluding hydrogens is 841 g/mol. The fourth-order valence-corrected chi connectivity index (χ4v) is 11.0. The van der Waals surface area contributed by atoms with Crippen molar-refractivity contribution in [2.45, 2.75) is 200 Å². The molecule has 0 saturated heterocycles. The summed E-state index contributed by atoms with van der Waals surface area (Å²) in [6.07, 6.45) is 25.9. The van der Waals surface area contributed by atoms with Crippen molar-refractivity contribution in [3.8, 4) is 11.5 Å². The van der Waals surface area contributed by atoms with Gasteiger partial charge in [0.1, 0.15) is 11.5 Å². The second-order valence-electron chi connectivity index (χ2n) is 20.2. The summed E-state index contributed by atoms with van der Waals surface area (Å²) >= 11 is 0. The Morgan fingerprint density at radius 3 is 1.40 bits per heavy atom. The van der Waals surface area contributed by atoms with Crippen molar-refractivity contribution in [3.63, 3.8) is 0 Å². The minimum absolute atomic E-state index is 0.0625. The number of carbonyl (C=O) groups excluding carboxylic acids is 1. The number of hydrogen-bond donors (Lipinski definition) is 3. The lowest BCUT2D eigenvalue weighted by Gasteiger charge is -2.34. The first kappa shape index (κ1) is 54.3. The fraction of sp³-hybridized carbons (Fsp3) is 0.532. The minimum atomic E-state index is -0.649. The molecule has 0 atom stereocenters. The highest BCUT2D eigenvalue weighted by Gasteiger charge is 2.33. The van der Waals surface area contributed by atoms with Crippen molar-refractivity contribution < 1.29 is 29.6 Å². The Hall–Kier alpha value is -4.65. The Morgan fingerprint density at radius 2 is 0.985 bits per heavy atom. The molecule has 0 amide bonds. The Kier molecular flexibility index (Phi) is 20.2. The Morgan fingerprint density at radius 1 is 0.559 bits per heavy atom. The molecule has 2 fully saturated rings. The summed E-state index contributed by atoms with van der Waals surface area (Å²) in [5, 5.41) is 31.6. The molecule has 6 heteroatoms. The number of unbranched alkanes of at least 4 members (excludes halogenated alkanes) is 2. The quantitative estimate of drug-likeness (QED) is 0.0604. The first-order valence-corrected chi connectivity index (χ1v) is 26.4. The molecule has 6 nitrogen and oxygen atoms in total. The Bertz CT molecular complexity index is 2280. The first-order valence-electron chi connectivity index (χ1n) is 26.4. The summed E-state index contributed by atoms with van der Waals surface area (Å²) in [6.45, 7) is 20.4. The van der Waals surface area contributed by atoms with E-state index in [1.54, 1.807) is 0 Å². The maximum Gasteiger partial charge on any atom is 0.305 e. The van der Waals surface area contributed by atoms with Gasteiger partial charge in [-0.25, -0.2) is 0 Å². The highest BCUT2D eigenvalue weighted by atomic mass is 16.5. The fourth-order valence-electron chi connectivity index (χ4n) is 11.0. The number of aryl methyl sites for hydroxylation is 4. The van der Waals surface area contributed by atoms with Crippen LogP contribution in [0.15, 0.2) is 84.9 Å². The van der Waals surface area contributed by atoms with E-state index < -0.39 is 11.2 Å². The smallest absolute Gasteiger partial charge is 0.305 e. The molecule has 0 radical (unpaired) electrons. The normalized spacial score (nSPS) is 16.1. The summed E-state index contributed by atoms with van der Waals surface area (Å²) in [5.74, 6) is 1.18. The van der Waals surface area contributed by atoms with Gasteiger partial charge in [-0.3, -0.25) is 4.79 Å². The molecule has 0 spiro atoms. The van der Waals surface area contributed by atoms with Gasteiger partial charge in [0.25, 0.3) is 0 Å². The van der Waals surface area contributed by atoms with Crippen molar-refractivity contribution in [1.82, 2.24) is 0 Å². The van der Waals surface area contributed by atoms with Crippen LogP contribution in [0.3, 0.4) is 0 Å². The van der Waals surface area contributed by atoms with Gasteiger partial charge in [0.15, 0.2) is 0 Å². The number of esters is 1. The Balaban J connectivity index is 0.000000265. The van der Waals surface area contributed by atoms with Crippen LogP contribution in [-0.2, 0) is 20.4 Å². The molecule has 4 aromatic rings. The van der Waals surface area contributed by atoms with Crippen LogP contribution in [0.2, 0.25) is 0 Å². The van der Waals surface area contributed by atoms with Gasteiger partial charge >= 0.3 is 5.97 Å². The maximum absolute atomic E-state index is 11.5. The summed E-state index contributed by atoms with van der Waals surface area (Å²) in [7, 11) is 0.